The Morgan fingerprint density at radius 3 is 2.48 bits per heavy atom. The second-order valence-electron chi connectivity index (χ2n) is 5.03. The number of halogens is 2. The molecule has 0 radical (unpaired) electrons. The van der Waals surface area contributed by atoms with E-state index in [9.17, 15) is 10.1 Å². The fourth-order valence-electron chi connectivity index (χ4n) is 2.53. The largest absolute Gasteiger partial charge is 0.342 e. The van der Waals surface area contributed by atoms with E-state index >= 15 is 0 Å². The van der Waals surface area contributed by atoms with Crippen molar-refractivity contribution in [3.05, 3.63) is 86.1 Å². The van der Waals surface area contributed by atoms with Crippen molar-refractivity contribution >= 4 is 40.2 Å². The van der Waals surface area contributed by atoms with Crippen LogP contribution in [0.5, 0.6) is 0 Å². The van der Waals surface area contributed by atoms with Gasteiger partial charge in [0, 0.05) is 44.3 Å². The van der Waals surface area contributed by atoms with Gasteiger partial charge >= 0.3 is 0 Å². The Hall–Kier alpha value is -2.30. The molecule has 2 aromatic carbocycles. The fraction of sp³-hybridized carbons (Fsp3) is 0.0588. The molecule has 0 atom stereocenters. The molecule has 0 saturated carbocycles. The molecule has 3 rings (SSSR count). The molecule has 1 heterocycles. The van der Waals surface area contributed by atoms with Gasteiger partial charge in [-0.25, -0.2) is 0 Å². The summed E-state index contributed by atoms with van der Waals surface area (Å²) in [5.74, 6) is 0. The molecule has 0 aliphatic carbocycles. The number of hydrogen-bond donors (Lipinski definition) is 0. The van der Waals surface area contributed by atoms with Gasteiger partial charge in [0.05, 0.1) is 11.5 Å². The van der Waals surface area contributed by atoms with E-state index in [0.29, 0.717) is 16.6 Å². The Labute approximate surface area is 142 Å². The van der Waals surface area contributed by atoms with E-state index in [1.165, 1.54) is 6.08 Å². The number of benzene rings is 2. The molecule has 0 aliphatic rings. The van der Waals surface area contributed by atoms with Crippen LogP contribution < -0.4 is 0 Å². The molecule has 0 saturated heterocycles. The summed E-state index contributed by atoms with van der Waals surface area (Å²) in [4.78, 5) is 10.1. The van der Waals surface area contributed by atoms with Gasteiger partial charge in [-0.15, -0.1) is 0 Å². The Morgan fingerprint density at radius 1 is 1.09 bits per heavy atom. The highest BCUT2D eigenvalue weighted by molar-refractivity contribution is 6.36. The predicted octanol–water partition coefficient (Wildman–Crippen LogP) is 5.24. The maximum Gasteiger partial charge on any atom is 0.235 e. The van der Waals surface area contributed by atoms with Crippen LogP contribution >= 0.6 is 23.2 Å². The van der Waals surface area contributed by atoms with Crippen LogP contribution in [0, 0.1) is 10.1 Å². The predicted molar refractivity (Wildman–Crippen MR) is 93.5 cm³/mol. The minimum atomic E-state index is -0.475. The molecule has 0 aliphatic heterocycles. The summed E-state index contributed by atoms with van der Waals surface area (Å²) in [7, 11) is 0. The van der Waals surface area contributed by atoms with Crippen molar-refractivity contribution in [2.24, 2.45) is 0 Å². The topological polar surface area (TPSA) is 48.1 Å². The number of para-hydroxylation sites is 1. The summed E-state index contributed by atoms with van der Waals surface area (Å²) < 4.78 is 1.99. The summed E-state index contributed by atoms with van der Waals surface area (Å²) in [6.07, 6.45) is 4.30. The Kier molecular flexibility index (Phi) is 4.37. The van der Waals surface area contributed by atoms with Gasteiger partial charge < -0.3 is 4.57 Å². The monoisotopic (exact) mass is 346 g/mol. The van der Waals surface area contributed by atoms with Crippen LogP contribution in [0.2, 0.25) is 10.0 Å². The number of fused-ring (bicyclic) bond motifs is 1. The van der Waals surface area contributed by atoms with Crippen LogP contribution in [0.1, 0.15) is 11.1 Å². The Bertz CT molecular complexity index is 896. The fourth-order valence-corrected chi connectivity index (χ4v) is 3.05. The lowest BCUT2D eigenvalue weighted by Gasteiger charge is -2.09. The lowest BCUT2D eigenvalue weighted by atomic mass is 10.2. The molecule has 0 bridgehead atoms. The number of rotatable bonds is 4. The van der Waals surface area contributed by atoms with E-state index in [2.05, 4.69) is 0 Å². The number of hydrogen-bond acceptors (Lipinski definition) is 2. The summed E-state index contributed by atoms with van der Waals surface area (Å²) in [5, 5.41) is 12.7. The Balaban J connectivity index is 2.09. The maximum absolute atomic E-state index is 10.6. The first-order chi connectivity index (χ1) is 11.1. The molecule has 116 valence electrons. The molecular formula is C17H12Cl2N2O2. The van der Waals surface area contributed by atoms with Crippen molar-refractivity contribution in [3.8, 4) is 0 Å². The summed E-state index contributed by atoms with van der Waals surface area (Å²) >= 11 is 12.5. The second-order valence-corrected chi connectivity index (χ2v) is 5.85. The smallest absolute Gasteiger partial charge is 0.235 e. The molecule has 1 aromatic heterocycles. The van der Waals surface area contributed by atoms with Crippen LogP contribution in [0.15, 0.2) is 54.9 Å². The van der Waals surface area contributed by atoms with Gasteiger partial charge in [-0.2, -0.15) is 0 Å². The molecule has 4 nitrogen and oxygen atoms in total. The quantitative estimate of drug-likeness (QED) is 0.478. The first kappa shape index (κ1) is 15.6. The zero-order valence-electron chi connectivity index (χ0n) is 11.9. The van der Waals surface area contributed by atoms with Crippen molar-refractivity contribution < 1.29 is 4.92 Å². The number of nitrogens with zero attached hydrogens (tertiary/aromatic N) is 2. The van der Waals surface area contributed by atoms with E-state index in [0.717, 1.165) is 28.2 Å². The van der Waals surface area contributed by atoms with Crippen molar-refractivity contribution in [2.75, 3.05) is 0 Å². The van der Waals surface area contributed by atoms with Crippen LogP contribution in [0.3, 0.4) is 0 Å². The van der Waals surface area contributed by atoms with Crippen LogP contribution in [0.25, 0.3) is 17.0 Å². The molecule has 0 fully saturated rings. The van der Waals surface area contributed by atoms with E-state index in [1.807, 2.05) is 35.0 Å². The SMILES string of the molecule is O=[N+]([O-])C=Cc1cn(Cc2c(Cl)cccc2Cl)c2ccccc12. The van der Waals surface area contributed by atoms with Crippen molar-refractivity contribution in [3.63, 3.8) is 0 Å². The molecule has 6 heteroatoms. The molecule has 3 aromatic rings. The molecule has 0 spiro atoms. The zero-order valence-corrected chi connectivity index (χ0v) is 13.5. The lowest BCUT2D eigenvalue weighted by molar-refractivity contribution is -0.400. The average Bonchev–Trinajstić information content (AvgIpc) is 2.87. The highest BCUT2D eigenvalue weighted by Crippen LogP contribution is 2.28. The van der Waals surface area contributed by atoms with E-state index < -0.39 is 4.92 Å². The third-order valence-electron chi connectivity index (χ3n) is 3.59. The van der Waals surface area contributed by atoms with Crippen molar-refractivity contribution in [2.45, 2.75) is 6.54 Å². The molecule has 23 heavy (non-hydrogen) atoms. The van der Waals surface area contributed by atoms with E-state index in [1.54, 1.807) is 18.2 Å². The van der Waals surface area contributed by atoms with Crippen molar-refractivity contribution in [1.82, 2.24) is 4.57 Å². The summed E-state index contributed by atoms with van der Waals surface area (Å²) in [6.45, 7) is 0.491. The first-order valence-electron chi connectivity index (χ1n) is 6.88. The third-order valence-corrected chi connectivity index (χ3v) is 4.29. The van der Waals surface area contributed by atoms with Crippen LogP contribution in [-0.4, -0.2) is 9.49 Å². The first-order valence-corrected chi connectivity index (χ1v) is 7.64. The van der Waals surface area contributed by atoms with Gasteiger partial charge in [0.2, 0.25) is 6.20 Å². The van der Waals surface area contributed by atoms with Crippen molar-refractivity contribution in [1.29, 1.82) is 0 Å². The third kappa shape index (κ3) is 3.23. The molecule has 0 N–H and O–H groups in total. The molecule has 0 unspecified atom stereocenters. The maximum atomic E-state index is 10.6. The van der Waals surface area contributed by atoms with E-state index in [-0.39, 0.29) is 0 Å². The normalized spacial score (nSPS) is 11.4. The number of aromatic nitrogens is 1. The minimum Gasteiger partial charge on any atom is -0.342 e. The van der Waals surface area contributed by atoms with Gasteiger partial charge in [0.15, 0.2) is 0 Å². The van der Waals surface area contributed by atoms with E-state index in [4.69, 9.17) is 23.2 Å². The van der Waals surface area contributed by atoms with Gasteiger partial charge in [0.1, 0.15) is 0 Å². The second kappa shape index (κ2) is 6.44. The van der Waals surface area contributed by atoms with Crippen LogP contribution in [-0.2, 0) is 6.54 Å². The highest BCUT2D eigenvalue weighted by Gasteiger charge is 2.11. The van der Waals surface area contributed by atoms with Gasteiger partial charge in [-0.1, -0.05) is 47.5 Å². The van der Waals surface area contributed by atoms with Gasteiger partial charge in [-0.3, -0.25) is 10.1 Å². The lowest BCUT2D eigenvalue weighted by Crippen LogP contribution is -1.99. The Morgan fingerprint density at radius 2 is 1.78 bits per heavy atom. The van der Waals surface area contributed by atoms with Crippen LogP contribution in [0.4, 0.5) is 0 Å². The summed E-state index contributed by atoms with van der Waals surface area (Å²) in [5.41, 5.74) is 2.56. The summed E-state index contributed by atoms with van der Waals surface area (Å²) in [6, 6.07) is 13.1. The van der Waals surface area contributed by atoms with Gasteiger partial charge in [-0.05, 0) is 18.2 Å². The van der Waals surface area contributed by atoms with Gasteiger partial charge in [0.25, 0.3) is 0 Å². The standard InChI is InChI=1S/C17H12Cl2N2O2/c18-15-5-3-6-16(19)14(15)11-20-10-12(8-9-21(22)23)13-4-1-2-7-17(13)20/h1-10H,11H2. The number of nitro groups is 1. The zero-order chi connectivity index (χ0) is 16.4. The average molecular weight is 347 g/mol. The minimum absolute atomic E-state index is 0.475. The molecule has 0 amide bonds. The highest BCUT2D eigenvalue weighted by atomic mass is 35.5. The molecular weight excluding hydrogens is 335 g/mol.